The van der Waals surface area contributed by atoms with Gasteiger partial charge in [0.25, 0.3) is 5.69 Å². The maximum Gasteiger partial charge on any atom is 0.363 e. The molecule has 3 rings (SSSR count). The lowest BCUT2D eigenvalue weighted by Gasteiger charge is -2.05. The van der Waals surface area contributed by atoms with E-state index in [9.17, 15) is 14.9 Å². The third-order valence-electron chi connectivity index (χ3n) is 3.23. The Labute approximate surface area is 130 Å². The molecule has 0 bridgehead atoms. The lowest BCUT2D eigenvalue weighted by Crippen LogP contribution is -2.11. The second-order valence-electron chi connectivity index (χ2n) is 4.84. The van der Waals surface area contributed by atoms with E-state index in [1.165, 1.54) is 24.4 Å². The summed E-state index contributed by atoms with van der Waals surface area (Å²) in [4.78, 5) is 30.8. The number of benzene rings is 2. The van der Waals surface area contributed by atoms with Crippen LogP contribution in [0.4, 0.5) is 5.69 Å². The van der Waals surface area contributed by atoms with E-state index < -0.39 is 10.9 Å². The van der Waals surface area contributed by atoms with Gasteiger partial charge in [-0.15, -0.1) is 0 Å². The molecule has 1 aromatic heterocycles. The number of aromatic nitrogens is 2. The number of aryl methyl sites for hydroxylation is 1. The van der Waals surface area contributed by atoms with Gasteiger partial charge in [-0.05, 0) is 31.2 Å². The average molecular weight is 309 g/mol. The summed E-state index contributed by atoms with van der Waals surface area (Å²) in [5.41, 5.74) is 1.71. The van der Waals surface area contributed by atoms with E-state index in [-0.39, 0.29) is 17.1 Å². The summed E-state index contributed by atoms with van der Waals surface area (Å²) < 4.78 is 5.20. The van der Waals surface area contributed by atoms with Gasteiger partial charge >= 0.3 is 5.97 Å². The van der Waals surface area contributed by atoms with Crippen LogP contribution in [0.5, 0.6) is 5.75 Å². The van der Waals surface area contributed by atoms with E-state index in [1.807, 2.05) is 6.07 Å². The van der Waals surface area contributed by atoms with Crippen molar-refractivity contribution in [3.63, 3.8) is 0 Å². The molecule has 2 aromatic carbocycles. The highest BCUT2D eigenvalue weighted by Crippen LogP contribution is 2.23. The molecule has 0 aliphatic heterocycles. The Bertz CT molecular complexity index is 924. The van der Waals surface area contributed by atoms with Crippen molar-refractivity contribution in [2.24, 2.45) is 0 Å². The molecule has 1 heterocycles. The fraction of sp³-hybridized carbons (Fsp3) is 0.0625. The lowest BCUT2D eigenvalue weighted by atomic mass is 10.2. The van der Waals surface area contributed by atoms with Crippen molar-refractivity contribution in [2.75, 3.05) is 0 Å². The largest absolute Gasteiger partial charge is 0.422 e. The minimum absolute atomic E-state index is 0.0321. The number of para-hydroxylation sites is 2. The first-order valence-electron chi connectivity index (χ1n) is 6.73. The van der Waals surface area contributed by atoms with E-state index in [2.05, 4.69) is 9.97 Å². The number of carbonyl (C=O) groups is 1. The number of nitro groups is 1. The van der Waals surface area contributed by atoms with Gasteiger partial charge in [-0.25, -0.2) is 9.78 Å². The van der Waals surface area contributed by atoms with Gasteiger partial charge in [0.2, 0.25) is 0 Å². The van der Waals surface area contributed by atoms with E-state index >= 15 is 0 Å². The van der Waals surface area contributed by atoms with Crippen LogP contribution >= 0.6 is 0 Å². The molecule has 0 aliphatic rings. The van der Waals surface area contributed by atoms with Gasteiger partial charge in [0.05, 0.1) is 22.2 Å². The summed E-state index contributed by atoms with van der Waals surface area (Å²) in [5, 5.41) is 10.8. The van der Waals surface area contributed by atoms with Crippen LogP contribution in [0.15, 0.2) is 48.7 Å². The third-order valence-corrected chi connectivity index (χ3v) is 3.23. The maximum atomic E-state index is 12.1. The first-order chi connectivity index (χ1) is 11.0. The molecular formula is C16H11N3O4. The van der Waals surface area contributed by atoms with Gasteiger partial charge in [-0.3, -0.25) is 15.1 Å². The van der Waals surface area contributed by atoms with Crippen molar-refractivity contribution in [3.05, 3.63) is 70.0 Å². The van der Waals surface area contributed by atoms with Crippen molar-refractivity contribution >= 4 is 22.7 Å². The highest BCUT2D eigenvalue weighted by Gasteiger charge is 2.15. The molecule has 23 heavy (non-hydrogen) atoms. The number of nitro benzene ring substituents is 1. The standard InChI is InChI=1S/C16H11N3O4/c1-10-8-11(6-7-15(10)19(21)22)23-16(20)14-9-17-12-4-2-3-5-13(12)18-14/h2-9H,1H3. The summed E-state index contributed by atoms with van der Waals surface area (Å²) in [6.07, 6.45) is 1.34. The quantitative estimate of drug-likeness (QED) is 0.319. The van der Waals surface area contributed by atoms with E-state index in [1.54, 1.807) is 25.1 Å². The summed E-state index contributed by atoms with van der Waals surface area (Å²) >= 11 is 0. The van der Waals surface area contributed by atoms with Gasteiger partial charge in [-0.2, -0.15) is 0 Å². The molecule has 0 saturated heterocycles. The number of esters is 1. The van der Waals surface area contributed by atoms with Crippen LogP contribution in [0.2, 0.25) is 0 Å². The third kappa shape index (κ3) is 2.98. The minimum Gasteiger partial charge on any atom is -0.422 e. The topological polar surface area (TPSA) is 95.2 Å². The van der Waals surface area contributed by atoms with Crippen LogP contribution in [-0.4, -0.2) is 20.9 Å². The molecule has 0 fully saturated rings. The van der Waals surface area contributed by atoms with Crippen LogP contribution in [0.1, 0.15) is 16.1 Å². The molecule has 7 nitrogen and oxygen atoms in total. The SMILES string of the molecule is Cc1cc(OC(=O)c2cnc3ccccc3n2)ccc1[N+](=O)[O-]. The van der Waals surface area contributed by atoms with Crippen molar-refractivity contribution in [2.45, 2.75) is 6.92 Å². The number of rotatable bonds is 3. The van der Waals surface area contributed by atoms with Crippen LogP contribution in [0.25, 0.3) is 11.0 Å². The molecule has 7 heteroatoms. The summed E-state index contributed by atoms with van der Waals surface area (Å²) in [6.45, 7) is 1.57. The van der Waals surface area contributed by atoms with Gasteiger partial charge < -0.3 is 4.74 Å². The lowest BCUT2D eigenvalue weighted by molar-refractivity contribution is -0.385. The molecule has 0 amide bonds. The average Bonchev–Trinajstić information content (AvgIpc) is 2.54. The van der Waals surface area contributed by atoms with Gasteiger partial charge in [0.15, 0.2) is 5.69 Å². The predicted octanol–water partition coefficient (Wildman–Crippen LogP) is 3.07. The Morgan fingerprint density at radius 2 is 1.91 bits per heavy atom. The summed E-state index contributed by atoms with van der Waals surface area (Å²) in [7, 11) is 0. The van der Waals surface area contributed by atoms with Crippen molar-refractivity contribution < 1.29 is 14.5 Å². The second kappa shape index (κ2) is 5.80. The van der Waals surface area contributed by atoms with Gasteiger partial charge in [0, 0.05) is 11.6 Å². The highest BCUT2D eigenvalue weighted by molar-refractivity contribution is 5.90. The predicted molar refractivity (Wildman–Crippen MR) is 82.3 cm³/mol. The van der Waals surface area contributed by atoms with E-state index in [0.29, 0.717) is 16.6 Å². The van der Waals surface area contributed by atoms with E-state index in [4.69, 9.17) is 4.74 Å². The smallest absolute Gasteiger partial charge is 0.363 e. The molecule has 0 saturated carbocycles. The summed E-state index contributed by atoms with van der Waals surface area (Å²) in [6, 6.07) is 11.3. The van der Waals surface area contributed by atoms with Crippen LogP contribution in [0.3, 0.4) is 0 Å². The first-order valence-corrected chi connectivity index (χ1v) is 6.73. The molecule has 0 unspecified atom stereocenters. The number of nitrogens with zero attached hydrogens (tertiary/aromatic N) is 3. The second-order valence-corrected chi connectivity index (χ2v) is 4.84. The van der Waals surface area contributed by atoms with Crippen molar-refractivity contribution in [3.8, 4) is 5.75 Å². The number of hydrogen-bond acceptors (Lipinski definition) is 6. The molecule has 0 aliphatic carbocycles. The normalized spacial score (nSPS) is 10.5. The van der Waals surface area contributed by atoms with Crippen molar-refractivity contribution in [1.29, 1.82) is 0 Å². The number of carbonyl (C=O) groups excluding carboxylic acids is 1. The van der Waals surface area contributed by atoms with E-state index in [0.717, 1.165) is 0 Å². The van der Waals surface area contributed by atoms with Crippen LogP contribution in [0, 0.1) is 17.0 Å². The number of fused-ring (bicyclic) bond motifs is 1. The molecular weight excluding hydrogens is 298 g/mol. The zero-order chi connectivity index (χ0) is 16.4. The molecule has 0 N–H and O–H groups in total. The Morgan fingerprint density at radius 1 is 1.17 bits per heavy atom. The summed E-state index contributed by atoms with van der Waals surface area (Å²) in [5.74, 6) is -0.454. The molecule has 0 radical (unpaired) electrons. The zero-order valence-electron chi connectivity index (χ0n) is 12.1. The number of ether oxygens (including phenoxy) is 1. The molecule has 0 spiro atoms. The Kier molecular flexibility index (Phi) is 3.68. The van der Waals surface area contributed by atoms with Crippen LogP contribution < -0.4 is 4.74 Å². The molecule has 0 atom stereocenters. The monoisotopic (exact) mass is 309 g/mol. The van der Waals surface area contributed by atoms with Gasteiger partial charge in [-0.1, -0.05) is 12.1 Å². The van der Waals surface area contributed by atoms with Crippen molar-refractivity contribution in [1.82, 2.24) is 9.97 Å². The fourth-order valence-electron chi connectivity index (χ4n) is 2.11. The Morgan fingerprint density at radius 3 is 2.61 bits per heavy atom. The van der Waals surface area contributed by atoms with Gasteiger partial charge in [0.1, 0.15) is 5.75 Å². The molecule has 114 valence electrons. The highest BCUT2D eigenvalue weighted by atomic mass is 16.6. The Balaban J connectivity index is 1.85. The minimum atomic E-state index is -0.670. The fourth-order valence-corrected chi connectivity index (χ4v) is 2.11. The number of hydrogen-bond donors (Lipinski definition) is 0. The maximum absolute atomic E-state index is 12.1. The zero-order valence-corrected chi connectivity index (χ0v) is 12.1. The Hall–Kier alpha value is -3.35. The molecule has 3 aromatic rings. The van der Waals surface area contributed by atoms with Crippen LogP contribution in [-0.2, 0) is 0 Å². The first kappa shape index (κ1) is 14.6.